The molecular weight excluding hydrogens is 356 g/mol. The lowest BCUT2D eigenvalue weighted by atomic mass is 10.1. The molecule has 1 unspecified atom stereocenters. The third-order valence-electron chi connectivity index (χ3n) is 4.30. The summed E-state index contributed by atoms with van der Waals surface area (Å²) in [5.74, 6) is 1.84. The number of hydrogen-bond acceptors (Lipinski definition) is 4. The summed E-state index contributed by atoms with van der Waals surface area (Å²) in [6, 6.07) is 13.7. The number of benzene rings is 2. The Balaban J connectivity index is 2.00. The molecule has 0 aromatic heterocycles. The Morgan fingerprint density at radius 3 is 2.54 bits per heavy atom. The molecule has 152 valence electrons. The summed E-state index contributed by atoms with van der Waals surface area (Å²) in [4.78, 5) is 12.4. The van der Waals surface area contributed by atoms with Crippen LogP contribution in [0, 0.1) is 5.92 Å². The summed E-state index contributed by atoms with van der Waals surface area (Å²) in [6.45, 7) is 4.79. The molecule has 2 amide bonds. The van der Waals surface area contributed by atoms with Crippen LogP contribution in [0.1, 0.15) is 38.3 Å². The van der Waals surface area contributed by atoms with Crippen LogP contribution < -0.4 is 20.1 Å². The highest BCUT2D eigenvalue weighted by atomic mass is 16.5. The first-order valence-electron chi connectivity index (χ1n) is 9.57. The van der Waals surface area contributed by atoms with E-state index in [1.54, 1.807) is 19.2 Å². The number of urea groups is 1. The van der Waals surface area contributed by atoms with Gasteiger partial charge >= 0.3 is 6.03 Å². The minimum atomic E-state index is -0.498. The topological polar surface area (TPSA) is 79.8 Å². The van der Waals surface area contributed by atoms with E-state index in [-0.39, 0.29) is 6.61 Å². The summed E-state index contributed by atoms with van der Waals surface area (Å²) in [5.41, 5.74) is 1.33. The quantitative estimate of drug-likeness (QED) is 0.530. The number of carbonyl (C=O) groups excluding carboxylic acids is 1. The smallest absolute Gasteiger partial charge is 0.319 e. The van der Waals surface area contributed by atoms with Gasteiger partial charge in [0.25, 0.3) is 0 Å². The molecule has 0 fully saturated rings. The van der Waals surface area contributed by atoms with Gasteiger partial charge in [-0.15, -0.1) is 0 Å². The Kier molecular flexibility index (Phi) is 8.62. The highest BCUT2D eigenvalue weighted by Gasteiger charge is 2.15. The lowest BCUT2D eigenvalue weighted by Gasteiger charge is -2.18. The van der Waals surface area contributed by atoms with Gasteiger partial charge in [-0.05, 0) is 36.5 Å². The van der Waals surface area contributed by atoms with E-state index in [2.05, 4.69) is 24.5 Å². The van der Waals surface area contributed by atoms with Crippen LogP contribution in [0.4, 0.5) is 10.5 Å². The molecule has 0 aliphatic heterocycles. The van der Waals surface area contributed by atoms with Crippen LogP contribution in [0.5, 0.6) is 11.5 Å². The summed E-state index contributed by atoms with van der Waals surface area (Å²) in [7, 11) is 1.54. The molecule has 0 spiro atoms. The Morgan fingerprint density at radius 1 is 1.14 bits per heavy atom. The number of carbonyl (C=O) groups is 1. The Hall–Kier alpha value is -2.73. The van der Waals surface area contributed by atoms with Gasteiger partial charge in [-0.25, -0.2) is 4.79 Å². The normalized spacial score (nSPS) is 11.8. The number of aliphatic hydroxyl groups is 1. The van der Waals surface area contributed by atoms with Crippen molar-refractivity contribution >= 4 is 11.7 Å². The molecule has 0 bridgehead atoms. The molecule has 1 atom stereocenters. The van der Waals surface area contributed by atoms with Gasteiger partial charge in [-0.2, -0.15) is 0 Å². The lowest BCUT2D eigenvalue weighted by Crippen LogP contribution is -2.34. The number of amides is 2. The monoisotopic (exact) mass is 386 g/mol. The van der Waals surface area contributed by atoms with Crippen molar-refractivity contribution in [3.05, 3.63) is 54.1 Å². The SMILES string of the molecule is COc1ccc(OCCCC(C)C)cc1NC(=O)NC(CO)c1ccccc1. The zero-order chi connectivity index (χ0) is 20.4. The predicted molar refractivity (Wildman–Crippen MR) is 111 cm³/mol. The fourth-order valence-electron chi connectivity index (χ4n) is 2.79. The Morgan fingerprint density at radius 2 is 1.89 bits per heavy atom. The average molecular weight is 386 g/mol. The summed E-state index contributed by atoms with van der Waals surface area (Å²) >= 11 is 0. The van der Waals surface area contributed by atoms with Gasteiger partial charge in [-0.3, -0.25) is 0 Å². The van der Waals surface area contributed by atoms with Crippen LogP contribution >= 0.6 is 0 Å². The van der Waals surface area contributed by atoms with Crippen molar-refractivity contribution in [1.82, 2.24) is 5.32 Å². The molecule has 0 saturated heterocycles. The van der Waals surface area contributed by atoms with Gasteiger partial charge in [0.15, 0.2) is 0 Å². The second-order valence-electron chi connectivity index (χ2n) is 6.99. The van der Waals surface area contributed by atoms with Crippen molar-refractivity contribution in [3.63, 3.8) is 0 Å². The zero-order valence-electron chi connectivity index (χ0n) is 16.8. The van der Waals surface area contributed by atoms with E-state index in [0.717, 1.165) is 18.4 Å². The first-order valence-corrected chi connectivity index (χ1v) is 9.57. The first-order chi connectivity index (χ1) is 13.5. The fourth-order valence-corrected chi connectivity index (χ4v) is 2.79. The highest BCUT2D eigenvalue weighted by Crippen LogP contribution is 2.29. The third-order valence-corrected chi connectivity index (χ3v) is 4.30. The molecule has 0 saturated carbocycles. The highest BCUT2D eigenvalue weighted by molar-refractivity contribution is 5.91. The molecule has 3 N–H and O–H groups in total. The molecular formula is C22H30N2O4. The number of nitrogens with one attached hydrogen (secondary N) is 2. The van der Waals surface area contributed by atoms with Crippen LogP contribution in [-0.2, 0) is 0 Å². The molecule has 0 radical (unpaired) electrons. The van der Waals surface area contributed by atoms with Crippen LogP contribution in [0.25, 0.3) is 0 Å². The van der Waals surface area contributed by atoms with Crippen LogP contribution in [0.3, 0.4) is 0 Å². The van der Waals surface area contributed by atoms with E-state index in [1.165, 1.54) is 0 Å². The molecule has 0 aliphatic rings. The van der Waals surface area contributed by atoms with Crippen molar-refractivity contribution < 1.29 is 19.4 Å². The molecule has 0 aliphatic carbocycles. The third kappa shape index (κ3) is 6.78. The number of rotatable bonds is 10. The summed E-state index contributed by atoms with van der Waals surface area (Å²) in [6.07, 6.45) is 2.08. The van der Waals surface area contributed by atoms with Crippen molar-refractivity contribution in [2.24, 2.45) is 5.92 Å². The number of anilines is 1. The largest absolute Gasteiger partial charge is 0.495 e. The molecule has 28 heavy (non-hydrogen) atoms. The van der Waals surface area contributed by atoms with E-state index in [1.807, 2.05) is 36.4 Å². The first kappa shape index (κ1) is 21.6. The van der Waals surface area contributed by atoms with Crippen LogP contribution in [-0.4, -0.2) is 31.5 Å². The summed E-state index contributed by atoms with van der Waals surface area (Å²) < 4.78 is 11.1. The Bertz CT molecular complexity index is 735. The maximum Gasteiger partial charge on any atom is 0.319 e. The fraction of sp³-hybridized carbons (Fsp3) is 0.409. The number of aliphatic hydroxyl groups excluding tert-OH is 1. The number of ether oxygens (including phenoxy) is 2. The van der Waals surface area contributed by atoms with Gasteiger partial charge in [0.05, 0.1) is 32.1 Å². The predicted octanol–water partition coefficient (Wildman–Crippen LogP) is 4.37. The second-order valence-corrected chi connectivity index (χ2v) is 6.99. The number of hydrogen-bond donors (Lipinski definition) is 3. The average Bonchev–Trinajstić information content (AvgIpc) is 2.70. The van der Waals surface area contributed by atoms with Crippen molar-refractivity contribution in [1.29, 1.82) is 0 Å². The van der Waals surface area contributed by atoms with E-state index in [4.69, 9.17) is 9.47 Å². The van der Waals surface area contributed by atoms with Gasteiger partial charge in [0, 0.05) is 6.07 Å². The van der Waals surface area contributed by atoms with E-state index in [9.17, 15) is 9.90 Å². The standard InChI is InChI=1S/C22H30N2O4/c1-16(2)8-7-13-28-18-11-12-21(27-3)19(14-18)23-22(26)24-20(15-25)17-9-5-4-6-10-17/h4-6,9-12,14,16,20,25H,7-8,13,15H2,1-3H3,(H2,23,24,26). The minimum Gasteiger partial charge on any atom is -0.495 e. The molecule has 6 nitrogen and oxygen atoms in total. The van der Waals surface area contributed by atoms with E-state index >= 15 is 0 Å². The van der Waals surface area contributed by atoms with Crippen molar-refractivity contribution in [2.75, 3.05) is 25.6 Å². The van der Waals surface area contributed by atoms with Gasteiger partial charge in [-0.1, -0.05) is 44.2 Å². The molecule has 2 aromatic carbocycles. The maximum absolute atomic E-state index is 12.4. The van der Waals surface area contributed by atoms with Gasteiger partial charge in [0.2, 0.25) is 0 Å². The maximum atomic E-state index is 12.4. The van der Waals surface area contributed by atoms with E-state index in [0.29, 0.717) is 29.7 Å². The summed E-state index contributed by atoms with van der Waals surface area (Å²) in [5, 5.41) is 15.2. The van der Waals surface area contributed by atoms with Crippen molar-refractivity contribution in [2.45, 2.75) is 32.7 Å². The molecule has 2 rings (SSSR count). The molecule has 6 heteroatoms. The van der Waals surface area contributed by atoms with Gasteiger partial charge in [0.1, 0.15) is 11.5 Å². The van der Waals surface area contributed by atoms with Crippen molar-refractivity contribution in [3.8, 4) is 11.5 Å². The second kappa shape index (κ2) is 11.2. The molecule has 2 aromatic rings. The minimum absolute atomic E-state index is 0.201. The zero-order valence-corrected chi connectivity index (χ0v) is 16.8. The van der Waals surface area contributed by atoms with E-state index < -0.39 is 12.1 Å². The Labute approximate surface area is 166 Å². The molecule has 0 heterocycles. The van der Waals surface area contributed by atoms with Crippen LogP contribution in [0.15, 0.2) is 48.5 Å². The lowest BCUT2D eigenvalue weighted by molar-refractivity contribution is 0.225. The van der Waals surface area contributed by atoms with Gasteiger partial charge < -0.3 is 25.2 Å². The van der Waals surface area contributed by atoms with Crippen LogP contribution in [0.2, 0.25) is 0 Å². The number of methoxy groups -OCH3 is 1.